The van der Waals surface area contributed by atoms with Crippen LogP contribution in [0.5, 0.6) is 0 Å². The molecule has 1 amide bonds. The first-order valence-electron chi connectivity index (χ1n) is 7.05. The predicted octanol–water partition coefficient (Wildman–Crippen LogP) is 1.89. The molecule has 0 spiro atoms. The van der Waals surface area contributed by atoms with Crippen molar-refractivity contribution in [3.8, 4) is 0 Å². The minimum Gasteiger partial charge on any atom is -0.349 e. The van der Waals surface area contributed by atoms with Crippen LogP contribution in [0.4, 0.5) is 0 Å². The van der Waals surface area contributed by atoms with Gasteiger partial charge in [0, 0.05) is 13.0 Å². The number of aromatic nitrogens is 2. The van der Waals surface area contributed by atoms with E-state index in [2.05, 4.69) is 15.6 Å². The van der Waals surface area contributed by atoms with Gasteiger partial charge in [0.15, 0.2) is 0 Å². The van der Waals surface area contributed by atoms with Gasteiger partial charge in [-0.2, -0.15) is 0 Å². The van der Waals surface area contributed by atoms with E-state index in [0.29, 0.717) is 12.5 Å². The average molecular weight is 345 g/mol. The van der Waals surface area contributed by atoms with E-state index in [1.807, 2.05) is 42.8 Å². The van der Waals surface area contributed by atoms with Crippen LogP contribution in [0.25, 0.3) is 11.0 Å². The summed E-state index contributed by atoms with van der Waals surface area (Å²) in [6, 6.07) is 8.00. The first-order chi connectivity index (χ1) is 9.66. The van der Waals surface area contributed by atoms with Gasteiger partial charge >= 0.3 is 0 Å². The average Bonchev–Trinajstić information content (AvgIpc) is 2.71. The van der Waals surface area contributed by atoms with E-state index in [0.717, 1.165) is 29.9 Å². The zero-order chi connectivity index (χ0) is 14.1. The van der Waals surface area contributed by atoms with Crippen LogP contribution in [0.2, 0.25) is 0 Å². The summed E-state index contributed by atoms with van der Waals surface area (Å²) in [4.78, 5) is 16.7. The first kappa shape index (κ1) is 18.7. The number of hydrogen-bond donors (Lipinski definition) is 2. The maximum Gasteiger partial charge on any atom is 0.223 e. The molecule has 2 heterocycles. The van der Waals surface area contributed by atoms with E-state index in [4.69, 9.17) is 0 Å². The summed E-state index contributed by atoms with van der Waals surface area (Å²) in [7, 11) is 1.98. The number of benzene rings is 1. The third-order valence-corrected chi connectivity index (χ3v) is 4.23. The highest BCUT2D eigenvalue weighted by molar-refractivity contribution is 5.85. The molecule has 0 aliphatic carbocycles. The zero-order valence-corrected chi connectivity index (χ0v) is 14.3. The summed E-state index contributed by atoms with van der Waals surface area (Å²) in [6.45, 7) is 4.37. The predicted molar refractivity (Wildman–Crippen MR) is 92.6 cm³/mol. The Morgan fingerprint density at radius 3 is 2.68 bits per heavy atom. The largest absolute Gasteiger partial charge is 0.349 e. The van der Waals surface area contributed by atoms with Crippen molar-refractivity contribution in [1.82, 2.24) is 20.2 Å². The number of hydrogen-bond acceptors (Lipinski definition) is 3. The van der Waals surface area contributed by atoms with Crippen molar-refractivity contribution in [3.63, 3.8) is 0 Å². The molecule has 7 heteroatoms. The van der Waals surface area contributed by atoms with E-state index >= 15 is 0 Å². The van der Waals surface area contributed by atoms with Gasteiger partial charge in [-0.3, -0.25) is 4.79 Å². The lowest BCUT2D eigenvalue weighted by molar-refractivity contribution is -0.126. The molecule has 1 aliphatic rings. The fraction of sp³-hybridized carbons (Fsp3) is 0.467. The van der Waals surface area contributed by atoms with Crippen LogP contribution in [-0.4, -0.2) is 28.5 Å². The number of amides is 1. The molecule has 3 rings (SSSR count). The van der Waals surface area contributed by atoms with Gasteiger partial charge in [-0.05, 0) is 31.1 Å². The zero-order valence-electron chi connectivity index (χ0n) is 12.7. The summed E-state index contributed by atoms with van der Waals surface area (Å²) in [5, 5.41) is 6.20. The summed E-state index contributed by atoms with van der Waals surface area (Å²) in [5.41, 5.74) is 2.06. The normalized spacial score (nSPS) is 15.4. The molecule has 1 aromatic heterocycles. The second kappa shape index (κ2) is 7.81. The maximum atomic E-state index is 12.1. The van der Waals surface area contributed by atoms with Crippen LogP contribution in [0.3, 0.4) is 0 Å². The Balaban J connectivity index is 0.00000121. The lowest BCUT2D eigenvalue weighted by Crippen LogP contribution is -2.49. The van der Waals surface area contributed by atoms with Crippen molar-refractivity contribution < 1.29 is 4.79 Å². The molecular formula is C15H22Cl2N4O. The molecule has 122 valence electrons. The number of carbonyl (C=O) groups is 1. The standard InChI is InChI=1S/C15H20N4O.2ClH/c1-10(11-7-16-8-11)15(20)17-9-14-18-12-5-3-4-6-13(12)19(14)2;;/h3-6,10-11,16H,7-9H2,1-2H3,(H,17,20);2*1H. The number of rotatable bonds is 4. The van der Waals surface area contributed by atoms with Crippen LogP contribution in [-0.2, 0) is 18.4 Å². The van der Waals surface area contributed by atoms with Gasteiger partial charge in [0.2, 0.25) is 5.91 Å². The summed E-state index contributed by atoms with van der Waals surface area (Å²) >= 11 is 0. The molecule has 1 atom stereocenters. The van der Waals surface area contributed by atoms with Crippen molar-refractivity contribution in [2.24, 2.45) is 18.9 Å². The van der Waals surface area contributed by atoms with E-state index in [-0.39, 0.29) is 36.6 Å². The third kappa shape index (κ3) is 3.54. The molecule has 22 heavy (non-hydrogen) atoms. The van der Waals surface area contributed by atoms with E-state index in [1.165, 1.54) is 0 Å². The van der Waals surface area contributed by atoms with E-state index < -0.39 is 0 Å². The van der Waals surface area contributed by atoms with Crippen molar-refractivity contribution in [1.29, 1.82) is 0 Å². The SMILES string of the molecule is CC(C(=O)NCc1nc2ccccc2n1C)C1CNC1.Cl.Cl. The highest BCUT2D eigenvalue weighted by Crippen LogP contribution is 2.17. The monoisotopic (exact) mass is 344 g/mol. The minimum absolute atomic E-state index is 0. The summed E-state index contributed by atoms with van der Waals surface area (Å²) in [6.07, 6.45) is 0. The molecule has 1 aliphatic heterocycles. The van der Waals surface area contributed by atoms with Gasteiger partial charge < -0.3 is 15.2 Å². The van der Waals surface area contributed by atoms with Gasteiger partial charge in [0.05, 0.1) is 17.6 Å². The Kier molecular flexibility index (Phi) is 6.66. The van der Waals surface area contributed by atoms with Crippen LogP contribution in [0.1, 0.15) is 12.7 Å². The van der Waals surface area contributed by atoms with Crippen LogP contribution >= 0.6 is 24.8 Å². The van der Waals surface area contributed by atoms with E-state index in [1.54, 1.807) is 0 Å². The van der Waals surface area contributed by atoms with Crippen molar-refractivity contribution in [2.45, 2.75) is 13.5 Å². The molecule has 0 bridgehead atoms. The molecular weight excluding hydrogens is 323 g/mol. The molecule has 1 aromatic carbocycles. The highest BCUT2D eigenvalue weighted by Gasteiger charge is 2.28. The van der Waals surface area contributed by atoms with Gasteiger partial charge in [-0.1, -0.05) is 19.1 Å². The Hall–Kier alpha value is -1.30. The Bertz CT molecular complexity index is 640. The Labute approximate surface area is 142 Å². The third-order valence-electron chi connectivity index (χ3n) is 4.23. The molecule has 0 saturated carbocycles. The van der Waals surface area contributed by atoms with Crippen LogP contribution in [0, 0.1) is 11.8 Å². The smallest absolute Gasteiger partial charge is 0.223 e. The highest BCUT2D eigenvalue weighted by atomic mass is 35.5. The number of fused-ring (bicyclic) bond motifs is 1. The number of imidazole rings is 1. The van der Waals surface area contributed by atoms with Crippen molar-refractivity contribution in [3.05, 3.63) is 30.1 Å². The first-order valence-corrected chi connectivity index (χ1v) is 7.05. The Morgan fingerprint density at radius 2 is 2.09 bits per heavy atom. The van der Waals surface area contributed by atoms with Gasteiger partial charge in [-0.15, -0.1) is 24.8 Å². The van der Waals surface area contributed by atoms with Gasteiger partial charge in [0.25, 0.3) is 0 Å². The number of carbonyl (C=O) groups excluding carboxylic acids is 1. The fourth-order valence-corrected chi connectivity index (χ4v) is 2.56. The minimum atomic E-state index is 0. The van der Waals surface area contributed by atoms with Crippen LogP contribution < -0.4 is 10.6 Å². The van der Waals surface area contributed by atoms with Gasteiger partial charge in [0.1, 0.15) is 5.82 Å². The molecule has 2 N–H and O–H groups in total. The lowest BCUT2D eigenvalue weighted by atomic mass is 9.88. The number of nitrogens with one attached hydrogen (secondary N) is 2. The molecule has 1 unspecified atom stereocenters. The summed E-state index contributed by atoms with van der Waals surface area (Å²) in [5.74, 6) is 1.53. The topological polar surface area (TPSA) is 59.0 Å². The molecule has 5 nitrogen and oxygen atoms in total. The summed E-state index contributed by atoms with van der Waals surface area (Å²) < 4.78 is 2.03. The van der Waals surface area contributed by atoms with Crippen LogP contribution in [0.15, 0.2) is 24.3 Å². The van der Waals surface area contributed by atoms with Crippen molar-refractivity contribution >= 4 is 41.8 Å². The van der Waals surface area contributed by atoms with E-state index in [9.17, 15) is 4.79 Å². The van der Waals surface area contributed by atoms with Gasteiger partial charge in [-0.25, -0.2) is 4.98 Å². The molecule has 1 fully saturated rings. The number of nitrogens with zero attached hydrogens (tertiary/aromatic N) is 2. The molecule has 2 aromatic rings. The quantitative estimate of drug-likeness (QED) is 0.890. The number of halogens is 2. The molecule has 0 radical (unpaired) electrons. The van der Waals surface area contributed by atoms with Crippen molar-refractivity contribution in [2.75, 3.05) is 13.1 Å². The lowest BCUT2D eigenvalue weighted by Gasteiger charge is -2.31. The second-order valence-corrected chi connectivity index (χ2v) is 5.50. The number of para-hydroxylation sites is 2. The second-order valence-electron chi connectivity index (χ2n) is 5.50. The number of aryl methyl sites for hydroxylation is 1. The maximum absolute atomic E-state index is 12.1. The molecule has 1 saturated heterocycles. The fourth-order valence-electron chi connectivity index (χ4n) is 2.56. The Morgan fingerprint density at radius 1 is 1.41 bits per heavy atom.